The van der Waals surface area contributed by atoms with Crippen LogP contribution in [0.25, 0.3) is 0 Å². The molecule has 0 saturated carbocycles. The third kappa shape index (κ3) is 10.1. The van der Waals surface area contributed by atoms with Crippen molar-refractivity contribution < 1.29 is 28.6 Å². The maximum Gasteiger partial charge on any atom is 0.420 e. The average Bonchev–Trinajstić information content (AvgIpc) is 2.51. The van der Waals surface area contributed by atoms with Crippen LogP contribution < -0.4 is 0 Å². The van der Waals surface area contributed by atoms with E-state index in [-0.39, 0.29) is 6.42 Å². The van der Waals surface area contributed by atoms with Gasteiger partial charge in [0.25, 0.3) is 0 Å². The Balaban J connectivity index is 3.53. The van der Waals surface area contributed by atoms with Gasteiger partial charge >= 0.3 is 18.2 Å². The molecule has 0 aliphatic rings. The zero-order chi connectivity index (χ0) is 25.1. The molecule has 1 unspecified atom stereocenters. The van der Waals surface area contributed by atoms with Gasteiger partial charge in [-0.25, -0.2) is 14.4 Å². The van der Waals surface area contributed by atoms with Gasteiger partial charge in [0.2, 0.25) is 0 Å². The van der Waals surface area contributed by atoms with Crippen molar-refractivity contribution in [3.63, 3.8) is 0 Å². The molecular formula is C23H33BrINO6. The quantitative estimate of drug-likeness (QED) is 0.216. The molecule has 0 aliphatic carbocycles. The number of amides is 2. The first-order valence-electron chi connectivity index (χ1n) is 10.2. The first kappa shape index (κ1) is 28.7. The van der Waals surface area contributed by atoms with Crippen LogP contribution in [0.15, 0.2) is 22.7 Å². The minimum Gasteiger partial charge on any atom is -0.458 e. The Morgan fingerprint density at radius 1 is 0.875 bits per heavy atom. The highest BCUT2D eigenvalue weighted by Crippen LogP contribution is 2.25. The summed E-state index contributed by atoms with van der Waals surface area (Å²) in [6.07, 6.45) is -1.91. The smallest absolute Gasteiger partial charge is 0.420 e. The van der Waals surface area contributed by atoms with E-state index in [4.69, 9.17) is 14.2 Å². The lowest BCUT2D eigenvalue weighted by molar-refractivity contribution is -0.161. The third-order valence-electron chi connectivity index (χ3n) is 3.60. The molecule has 1 atom stereocenters. The second kappa shape index (κ2) is 10.7. The molecule has 0 heterocycles. The Labute approximate surface area is 212 Å². The molecule has 9 heteroatoms. The van der Waals surface area contributed by atoms with E-state index in [0.717, 1.165) is 18.5 Å². The predicted octanol–water partition coefficient (Wildman–Crippen LogP) is 6.48. The summed E-state index contributed by atoms with van der Waals surface area (Å²) in [5.74, 6) is -0.729. The number of benzene rings is 1. The van der Waals surface area contributed by atoms with Gasteiger partial charge in [0, 0.05) is 14.5 Å². The molecular weight excluding hydrogens is 593 g/mol. The van der Waals surface area contributed by atoms with E-state index in [0.29, 0.717) is 0 Å². The molecule has 0 bridgehead atoms. The van der Waals surface area contributed by atoms with Crippen molar-refractivity contribution in [3.8, 4) is 0 Å². The number of hydrogen-bond acceptors (Lipinski definition) is 6. The molecule has 0 fully saturated rings. The van der Waals surface area contributed by atoms with Crippen LogP contribution in [0.1, 0.15) is 67.9 Å². The topological polar surface area (TPSA) is 82.1 Å². The molecule has 7 nitrogen and oxygen atoms in total. The second-order valence-corrected chi connectivity index (χ2v) is 12.4. The lowest BCUT2D eigenvalue weighted by atomic mass is 10.0. The number of rotatable bonds is 4. The molecule has 0 spiro atoms. The van der Waals surface area contributed by atoms with Crippen LogP contribution in [0, 0.1) is 3.57 Å². The second-order valence-electron chi connectivity index (χ2n) is 10.3. The summed E-state index contributed by atoms with van der Waals surface area (Å²) in [6.45, 7) is 15.2. The van der Waals surface area contributed by atoms with Crippen molar-refractivity contribution in [2.75, 3.05) is 0 Å². The largest absolute Gasteiger partial charge is 0.458 e. The molecule has 0 N–H and O–H groups in total. The van der Waals surface area contributed by atoms with Crippen LogP contribution in [0.2, 0.25) is 0 Å². The normalized spacial score (nSPS) is 13.2. The highest BCUT2D eigenvalue weighted by molar-refractivity contribution is 14.1. The maximum atomic E-state index is 13.2. The molecule has 0 saturated heterocycles. The van der Waals surface area contributed by atoms with E-state index >= 15 is 0 Å². The van der Waals surface area contributed by atoms with Gasteiger partial charge in [-0.3, -0.25) is 0 Å². The standard InChI is InChI=1S/C23H33BrINO6/c1-21(2,3)30-18(27)17(12-14-10-11-15(24)13-16(14)25)26(19(28)31-22(4,5)6)20(29)32-23(7,8)9/h10-11,13,17H,12H2,1-9H3. The zero-order valence-electron chi connectivity index (χ0n) is 20.2. The Morgan fingerprint density at radius 2 is 1.31 bits per heavy atom. The van der Waals surface area contributed by atoms with E-state index in [9.17, 15) is 14.4 Å². The van der Waals surface area contributed by atoms with Crippen LogP contribution in [0.3, 0.4) is 0 Å². The molecule has 180 valence electrons. The van der Waals surface area contributed by atoms with E-state index < -0.39 is 41.0 Å². The number of imide groups is 1. The van der Waals surface area contributed by atoms with Crippen LogP contribution in [0.4, 0.5) is 9.59 Å². The van der Waals surface area contributed by atoms with Gasteiger partial charge in [0.05, 0.1) is 0 Å². The van der Waals surface area contributed by atoms with Crippen molar-refractivity contribution in [2.45, 2.75) is 91.6 Å². The summed E-state index contributed by atoms with van der Waals surface area (Å²) >= 11 is 5.56. The van der Waals surface area contributed by atoms with E-state index in [1.807, 2.05) is 18.2 Å². The van der Waals surface area contributed by atoms with Gasteiger partial charge in [0.15, 0.2) is 0 Å². The first-order chi connectivity index (χ1) is 14.3. The Hall–Kier alpha value is -1.36. The number of halogens is 2. The first-order valence-corrected chi connectivity index (χ1v) is 12.1. The summed E-state index contributed by atoms with van der Waals surface area (Å²) in [7, 11) is 0. The molecule has 1 rings (SSSR count). The van der Waals surface area contributed by atoms with Crippen molar-refractivity contribution in [2.24, 2.45) is 0 Å². The molecule has 1 aromatic rings. The fourth-order valence-corrected chi connectivity index (χ4v) is 4.02. The van der Waals surface area contributed by atoms with Crippen LogP contribution in [-0.2, 0) is 25.4 Å². The van der Waals surface area contributed by atoms with Crippen LogP contribution in [-0.4, -0.2) is 45.9 Å². The van der Waals surface area contributed by atoms with Crippen molar-refractivity contribution in [1.29, 1.82) is 0 Å². The Kier molecular flexibility index (Phi) is 9.60. The minimum atomic E-state index is -1.28. The molecule has 2 amide bonds. The molecule has 1 aromatic carbocycles. The lowest BCUT2D eigenvalue weighted by Crippen LogP contribution is -2.54. The number of carbonyl (C=O) groups excluding carboxylic acids is 3. The summed E-state index contributed by atoms with van der Waals surface area (Å²) in [6, 6.07) is 4.25. The van der Waals surface area contributed by atoms with Gasteiger partial charge < -0.3 is 14.2 Å². The summed E-state index contributed by atoms with van der Waals surface area (Å²) < 4.78 is 18.2. The monoisotopic (exact) mass is 625 g/mol. The van der Waals surface area contributed by atoms with E-state index in [2.05, 4.69) is 38.5 Å². The number of esters is 1. The van der Waals surface area contributed by atoms with Crippen LogP contribution >= 0.6 is 38.5 Å². The number of hydrogen-bond donors (Lipinski definition) is 0. The Morgan fingerprint density at radius 3 is 1.69 bits per heavy atom. The predicted molar refractivity (Wildman–Crippen MR) is 135 cm³/mol. The van der Waals surface area contributed by atoms with E-state index in [1.54, 1.807) is 62.3 Å². The lowest BCUT2D eigenvalue weighted by Gasteiger charge is -2.34. The fourth-order valence-electron chi connectivity index (χ4n) is 2.50. The fraction of sp³-hybridized carbons (Fsp3) is 0.609. The van der Waals surface area contributed by atoms with Crippen LogP contribution in [0.5, 0.6) is 0 Å². The summed E-state index contributed by atoms with van der Waals surface area (Å²) in [4.78, 5) is 40.2. The summed E-state index contributed by atoms with van der Waals surface area (Å²) in [5.41, 5.74) is -1.83. The van der Waals surface area contributed by atoms with Gasteiger partial charge in [0.1, 0.15) is 22.8 Å². The van der Waals surface area contributed by atoms with Crippen molar-refractivity contribution >= 4 is 56.7 Å². The van der Waals surface area contributed by atoms with Crippen molar-refractivity contribution in [1.82, 2.24) is 4.90 Å². The zero-order valence-corrected chi connectivity index (χ0v) is 23.9. The average molecular weight is 626 g/mol. The highest BCUT2D eigenvalue weighted by atomic mass is 127. The highest BCUT2D eigenvalue weighted by Gasteiger charge is 2.42. The van der Waals surface area contributed by atoms with Gasteiger partial charge in [-0.05, 0) is 103 Å². The maximum absolute atomic E-state index is 13.2. The van der Waals surface area contributed by atoms with E-state index in [1.165, 1.54) is 0 Å². The molecule has 0 aromatic heterocycles. The number of ether oxygens (including phenoxy) is 3. The number of nitrogens with zero attached hydrogens (tertiary/aromatic N) is 1. The molecule has 0 radical (unpaired) electrons. The van der Waals surface area contributed by atoms with Crippen molar-refractivity contribution in [3.05, 3.63) is 31.8 Å². The molecule has 0 aliphatic heterocycles. The molecule has 32 heavy (non-hydrogen) atoms. The van der Waals surface area contributed by atoms with Gasteiger partial charge in [-0.15, -0.1) is 0 Å². The van der Waals surface area contributed by atoms with Gasteiger partial charge in [-0.2, -0.15) is 4.90 Å². The third-order valence-corrected chi connectivity index (χ3v) is 5.10. The SMILES string of the molecule is CC(C)(C)OC(=O)C(Cc1ccc(Br)cc1I)N(C(=O)OC(C)(C)C)C(=O)OC(C)(C)C. The Bertz CT molecular complexity index is 824. The minimum absolute atomic E-state index is 0.0406. The summed E-state index contributed by atoms with van der Waals surface area (Å²) in [5, 5.41) is 0. The number of carbonyl (C=O) groups is 3. The van der Waals surface area contributed by atoms with Gasteiger partial charge in [-0.1, -0.05) is 22.0 Å².